The van der Waals surface area contributed by atoms with Gasteiger partial charge >= 0.3 is 0 Å². The molecule has 2 aliphatic rings. The number of hydrogen-bond donors (Lipinski definition) is 2. The van der Waals surface area contributed by atoms with Gasteiger partial charge in [0, 0.05) is 37.4 Å². The van der Waals surface area contributed by atoms with E-state index in [9.17, 15) is 0 Å². The molecule has 1 heterocycles. The van der Waals surface area contributed by atoms with Crippen LogP contribution in [0.3, 0.4) is 0 Å². The molecule has 0 bridgehead atoms. The molecule has 1 aliphatic carbocycles. The average Bonchev–Trinajstić information content (AvgIpc) is 3.38. The van der Waals surface area contributed by atoms with E-state index in [-0.39, 0.29) is 24.0 Å². The van der Waals surface area contributed by atoms with Crippen LogP contribution in [0.15, 0.2) is 23.2 Å². The third-order valence-corrected chi connectivity index (χ3v) is 4.88. The molecule has 2 fully saturated rings. The lowest BCUT2D eigenvalue weighted by atomic mass is 10.1. The van der Waals surface area contributed by atoms with Gasteiger partial charge in [-0.15, -0.1) is 24.0 Å². The minimum absolute atomic E-state index is 0. The summed E-state index contributed by atoms with van der Waals surface area (Å²) >= 11 is 0. The van der Waals surface area contributed by atoms with Crippen LogP contribution in [0.2, 0.25) is 0 Å². The topological polar surface area (TPSA) is 58.1 Å². The molecular weight excluding hydrogens is 443 g/mol. The van der Waals surface area contributed by atoms with Gasteiger partial charge in [-0.1, -0.05) is 0 Å². The van der Waals surface area contributed by atoms with E-state index in [1.807, 2.05) is 18.2 Å². The van der Waals surface area contributed by atoms with Crippen molar-refractivity contribution in [2.24, 2.45) is 10.9 Å². The summed E-state index contributed by atoms with van der Waals surface area (Å²) in [6.45, 7) is 6.22. The van der Waals surface area contributed by atoms with Crippen molar-refractivity contribution in [3.05, 3.63) is 18.2 Å². The summed E-state index contributed by atoms with van der Waals surface area (Å²) in [5.74, 6) is 2.92. The third-order valence-electron chi connectivity index (χ3n) is 4.88. The van der Waals surface area contributed by atoms with Crippen molar-refractivity contribution < 1.29 is 9.47 Å². The predicted octanol–water partition coefficient (Wildman–Crippen LogP) is 3.18. The highest BCUT2D eigenvalue weighted by Crippen LogP contribution is 2.32. The minimum Gasteiger partial charge on any atom is -0.493 e. The number of hydrogen-bond acceptors (Lipinski definition) is 4. The first-order valence-electron chi connectivity index (χ1n) is 9.25. The van der Waals surface area contributed by atoms with Crippen LogP contribution in [-0.2, 0) is 0 Å². The van der Waals surface area contributed by atoms with Crippen molar-refractivity contribution in [3.8, 4) is 11.5 Å². The maximum absolute atomic E-state index is 5.37. The molecule has 1 saturated carbocycles. The highest BCUT2D eigenvalue weighted by atomic mass is 127. The summed E-state index contributed by atoms with van der Waals surface area (Å²) in [6.07, 6.45) is 4.04. The molecule has 146 valence electrons. The summed E-state index contributed by atoms with van der Waals surface area (Å²) in [7, 11) is 3.29. The summed E-state index contributed by atoms with van der Waals surface area (Å²) < 4.78 is 10.7. The van der Waals surface area contributed by atoms with Crippen LogP contribution in [0.25, 0.3) is 0 Å². The Hall–Kier alpha value is -1.22. The molecule has 0 spiro atoms. The molecule has 1 aromatic rings. The van der Waals surface area contributed by atoms with Gasteiger partial charge in [-0.3, -0.25) is 4.99 Å². The third kappa shape index (κ3) is 5.64. The molecule has 0 aromatic heterocycles. The van der Waals surface area contributed by atoms with Crippen LogP contribution in [-0.4, -0.2) is 57.3 Å². The second-order valence-electron chi connectivity index (χ2n) is 6.80. The molecule has 26 heavy (non-hydrogen) atoms. The van der Waals surface area contributed by atoms with Crippen LogP contribution in [0.4, 0.5) is 5.69 Å². The van der Waals surface area contributed by atoms with Crippen molar-refractivity contribution in [3.63, 3.8) is 0 Å². The van der Waals surface area contributed by atoms with Gasteiger partial charge in [0.1, 0.15) is 0 Å². The van der Waals surface area contributed by atoms with Crippen molar-refractivity contribution in [2.75, 3.05) is 45.7 Å². The number of benzene rings is 1. The van der Waals surface area contributed by atoms with Gasteiger partial charge in [0.2, 0.25) is 0 Å². The zero-order valence-corrected chi connectivity index (χ0v) is 18.3. The van der Waals surface area contributed by atoms with E-state index in [1.54, 1.807) is 14.2 Å². The number of rotatable bonds is 7. The highest BCUT2D eigenvalue weighted by molar-refractivity contribution is 14.0. The van der Waals surface area contributed by atoms with Gasteiger partial charge in [0.25, 0.3) is 0 Å². The molecule has 1 aliphatic heterocycles. The maximum Gasteiger partial charge on any atom is 0.195 e. The molecule has 1 unspecified atom stereocenters. The zero-order chi connectivity index (χ0) is 17.6. The van der Waals surface area contributed by atoms with Gasteiger partial charge in [0.15, 0.2) is 17.5 Å². The summed E-state index contributed by atoms with van der Waals surface area (Å²) in [4.78, 5) is 7.43. The molecule has 0 radical (unpaired) electrons. The number of methoxy groups -OCH3 is 2. The Kier molecular flexibility index (Phi) is 8.27. The molecule has 2 N–H and O–H groups in total. The van der Waals surface area contributed by atoms with Crippen LogP contribution >= 0.6 is 24.0 Å². The fraction of sp³-hybridized carbons (Fsp3) is 0.632. The molecule has 0 amide bonds. The summed E-state index contributed by atoms with van der Waals surface area (Å²) in [6, 6.07) is 6.66. The Labute approximate surface area is 173 Å². The Morgan fingerprint density at radius 2 is 1.96 bits per heavy atom. The largest absolute Gasteiger partial charge is 0.493 e. The molecule has 1 saturated heterocycles. The van der Waals surface area contributed by atoms with Crippen molar-refractivity contribution in [1.29, 1.82) is 0 Å². The highest BCUT2D eigenvalue weighted by Gasteiger charge is 2.34. The SMILES string of the molecule is CCNC(=NCC1CCN(C2CC2)C1)Nc1ccc(OC)c(OC)c1.I. The zero-order valence-electron chi connectivity index (χ0n) is 16.0. The number of ether oxygens (including phenoxy) is 2. The lowest BCUT2D eigenvalue weighted by Crippen LogP contribution is -2.31. The first kappa shape index (κ1) is 21.1. The first-order chi connectivity index (χ1) is 12.2. The molecular formula is C19H31IN4O2. The maximum atomic E-state index is 5.37. The Bertz CT molecular complexity index is 607. The fourth-order valence-corrected chi connectivity index (χ4v) is 3.36. The monoisotopic (exact) mass is 474 g/mol. The van der Waals surface area contributed by atoms with Crippen LogP contribution in [0, 0.1) is 5.92 Å². The van der Waals surface area contributed by atoms with E-state index in [2.05, 4.69) is 22.5 Å². The minimum atomic E-state index is 0. The lowest BCUT2D eigenvalue weighted by Gasteiger charge is -2.15. The summed E-state index contributed by atoms with van der Waals surface area (Å²) in [5, 5.41) is 6.69. The molecule has 3 rings (SSSR count). The Morgan fingerprint density at radius 1 is 1.19 bits per heavy atom. The standard InChI is InChI=1S/C19H30N4O2.HI/c1-4-20-19(21-12-14-9-10-23(13-14)16-6-7-16)22-15-5-8-17(24-2)18(11-15)25-3;/h5,8,11,14,16H,4,6-7,9-10,12-13H2,1-3H3,(H2,20,21,22);1H. The number of nitrogens with one attached hydrogen (secondary N) is 2. The molecule has 6 nitrogen and oxygen atoms in total. The number of anilines is 1. The van der Waals surface area contributed by atoms with E-state index < -0.39 is 0 Å². The summed E-state index contributed by atoms with van der Waals surface area (Å²) in [5.41, 5.74) is 0.934. The Balaban J connectivity index is 0.00000243. The second kappa shape index (κ2) is 10.2. The second-order valence-corrected chi connectivity index (χ2v) is 6.80. The van der Waals surface area contributed by atoms with Crippen LogP contribution < -0.4 is 20.1 Å². The number of guanidine groups is 1. The lowest BCUT2D eigenvalue weighted by molar-refractivity contribution is 0.315. The van der Waals surface area contributed by atoms with Gasteiger partial charge in [-0.25, -0.2) is 0 Å². The van der Waals surface area contributed by atoms with Gasteiger partial charge in [0.05, 0.1) is 14.2 Å². The van der Waals surface area contributed by atoms with E-state index in [0.29, 0.717) is 11.7 Å². The average molecular weight is 474 g/mol. The van der Waals surface area contributed by atoms with E-state index in [1.165, 1.54) is 32.4 Å². The van der Waals surface area contributed by atoms with E-state index >= 15 is 0 Å². The Morgan fingerprint density at radius 3 is 2.62 bits per heavy atom. The molecule has 1 atom stereocenters. The van der Waals surface area contributed by atoms with Gasteiger partial charge in [-0.05, 0) is 50.8 Å². The van der Waals surface area contributed by atoms with Gasteiger partial charge in [-0.2, -0.15) is 0 Å². The molecule has 1 aromatic carbocycles. The number of likely N-dealkylation sites (tertiary alicyclic amines) is 1. The smallest absolute Gasteiger partial charge is 0.195 e. The molecule has 7 heteroatoms. The number of aliphatic imine (C=N–C) groups is 1. The van der Waals surface area contributed by atoms with Crippen LogP contribution in [0.5, 0.6) is 11.5 Å². The fourth-order valence-electron chi connectivity index (χ4n) is 3.36. The van der Waals surface area contributed by atoms with E-state index in [4.69, 9.17) is 14.5 Å². The van der Waals surface area contributed by atoms with Crippen LogP contribution in [0.1, 0.15) is 26.2 Å². The quantitative estimate of drug-likeness (QED) is 0.361. The predicted molar refractivity (Wildman–Crippen MR) is 117 cm³/mol. The van der Waals surface area contributed by atoms with Crippen molar-refractivity contribution >= 4 is 35.6 Å². The first-order valence-corrected chi connectivity index (χ1v) is 9.25. The number of halogens is 1. The normalized spacial score (nSPS) is 20.4. The van der Waals surface area contributed by atoms with Gasteiger partial charge < -0.3 is 25.0 Å². The van der Waals surface area contributed by atoms with E-state index in [0.717, 1.165) is 36.5 Å². The number of nitrogens with zero attached hydrogens (tertiary/aromatic N) is 2. The van der Waals surface area contributed by atoms with Crippen molar-refractivity contribution in [2.45, 2.75) is 32.2 Å². The van der Waals surface area contributed by atoms with Crippen molar-refractivity contribution in [1.82, 2.24) is 10.2 Å².